The van der Waals surface area contributed by atoms with E-state index in [-0.39, 0.29) is 11.9 Å². The van der Waals surface area contributed by atoms with Gasteiger partial charge in [-0.25, -0.2) is 0 Å². The van der Waals surface area contributed by atoms with E-state index in [0.717, 1.165) is 5.75 Å². The number of ether oxygens (including phenoxy) is 2. The number of thioether (sulfide) groups is 1. The van der Waals surface area contributed by atoms with Gasteiger partial charge in [0.2, 0.25) is 5.91 Å². The van der Waals surface area contributed by atoms with Gasteiger partial charge in [-0.2, -0.15) is 11.8 Å². The summed E-state index contributed by atoms with van der Waals surface area (Å²) in [6, 6.07) is 7.26. The van der Waals surface area contributed by atoms with Gasteiger partial charge >= 0.3 is 5.97 Å². The third-order valence-electron chi connectivity index (χ3n) is 2.51. The Morgan fingerprint density at radius 2 is 2.00 bits per heavy atom. The van der Waals surface area contributed by atoms with E-state index < -0.39 is 0 Å². The molecule has 0 saturated carbocycles. The van der Waals surface area contributed by atoms with Gasteiger partial charge in [0.25, 0.3) is 0 Å². The van der Waals surface area contributed by atoms with Crippen molar-refractivity contribution in [3.63, 3.8) is 0 Å². The number of esters is 1. The predicted molar refractivity (Wildman–Crippen MR) is 80.2 cm³/mol. The van der Waals surface area contributed by atoms with Gasteiger partial charge in [-0.3, -0.25) is 9.59 Å². The Labute approximate surface area is 123 Å². The fraction of sp³-hybridized carbons (Fsp3) is 0.429. The second kappa shape index (κ2) is 9.25. The SMILES string of the molecule is COC(=O)CCCSCC(=O)Nc1ccccc1OC. The standard InChI is InChI=1S/C14H19NO4S/c1-18-12-7-4-3-6-11(12)15-13(16)10-20-9-5-8-14(17)19-2/h3-4,6-7H,5,8-10H2,1-2H3,(H,15,16). The molecule has 0 radical (unpaired) electrons. The highest BCUT2D eigenvalue weighted by atomic mass is 32.2. The van der Waals surface area contributed by atoms with Crippen molar-refractivity contribution in [3.05, 3.63) is 24.3 Å². The summed E-state index contributed by atoms with van der Waals surface area (Å²) in [7, 11) is 2.93. The molecular weight excluding hydrogens is 278 g/mol. The van der Waals surface area contributed by atoms with Crippen molar-refractivity contribution < 1.29 is 19.1 Å². The first kappa shape index (κ1) is 16.4. The van der Waals surface area contributed by atoms with Gasteiger partial charge in [0, 0.05) is 6.42 Å². The van der Waals surface area contributed by atoms with Crippen molar-refractivity contribution in [1.82, 2.24) is 0 Å². The lowest BCUT2D eigenvalue weighted by molar-refractivity contribution is -0.140. The number of hydrogen-bond acceptors (Lipinski definition) is 5. The second-order valence-corrected chi connectivity index (χ2v) is 5.09. The Kier molecular flexibility index (Phi) is 7.57. The molecule has 1 rings (SSSR count). The van der Waals surface area contributed by atoms with Crippen LogP contribution in [-0.4, -0.2) is 37.6 Å². The minimum Gasteiger partial charge on any atom is -0.495 e. The van der Waals surface area contributed by atoms with Crippen molar-refractivity contribution in [3.8, 4) is 5.75 Å². The molecule has 0 saturated heterocycles. The zero-order valence-corrected chi connectivity index (χ0v) is 12.5. The Hall–Kier alpha value is -1.69. The van der Waals surface area contributed by atoms with Gasteiger partial charge in [-0.05, 0) is 24.3 Å². The molecule has 6 heteroatoms. The van der Waals surface area contributed by atoms with Crippen LogP contribution in [0.25, 0.3) is 0 Å². The zero-order chi connectivity index (χ0) is 14.8. The average molecular weight is 297 g/mol. The Bertz CT molecular complexity index is 451. The minimum absolute atomic E-state index is 0.0856. The number of carbonyl (C=O) groups excluding carboxylic acids is 2. The van der Waals surface area contributed by atoms with Crippen LogP contribution >= 0.6 is 11.8 Å². The van der Waals surface area contributed by atoms with Gasteiger partial charge in [0.05, 0.1) is 25.7 Å². The molecule has 110 valence electrons. The highest BCUT2D eigenvalue weighted by Gasteiger charge is 2.07. The summed E-state index contributed by atoms with van der Waals surface area (Å²) in [6.45, 7) is 0. The molecule has 0 aliphatic heterocycles. The minimum atomic E-state index is -0.218. The van der Waals surface area contributed by atoms with E-state index in [2.05, 4.69) is 10.1 Å². The summed E-state index contributed by atoms with van der Waals surface area (Å²) in [5.74, 6) is 1.42. The number of nitrogens with one attached hydrogen (secondary N) is 1. The van der Waals surface area contributed by atoms with Crippen molar-refractivity contribution in [1.29, 1.82) is 0 Å². The third-order valence-corrected chi connectivity index (χ3v) is 3.56. The highest BCUT2D eigenvalue weighted by molar-refractivity contribution is 7.99. The Balaban J connectivity index is 2.25. The molecule has 1 aromatic carbocycles. The normalized spacial score (nSPS) is 9.90. The number of methoxy groups -OCH3 is 2. The predicted octanol–water partition coefficient (Wildman–Crippen LogP) is 2.32. The van der Waals surface area contributed by atoms with Crippen LogP contribution in [0.3, 0.4) is 0 Å². The summed E-state index contributed by atoms with van der Waals surface area (Å²) in [5, 5.41) is 2.80. The average Bonchev–Trinajstić information content (AvgIpc) is 2.47. The molecule has 1 N–H and O–H groups in total. The van der Waals surface area contributed by atoms with Crippen molar-refractivity contribution in [2.24, 2.45) is 0 Å². The summed E-state index contributed by atoms with van der Waals surface area (Å²) in [4.78, 5) is 22.7. The fourth-order valence-corrected chi connectivity index (χ4v) is 2.27. The molecule has 0 fully saturated rings. The second-order valence-electron chi connectivity index (χ2n) is 3.98. The summed E-state index contributed by atoms with van der Waals surface area (Å²) < 4.78 is 9.70. The molecule has 1 aromatic rings. The van der Waals surface area contributed by atoms with Crippen molar-refractivity contribution >= 4 is 29.3 Å². The molecule has 0 unspecified atom stereocenters. The monoisotopic (exact) mass is 297 g/mol. The lowest BCUT2D eigenvalue weighted by Gasteiger charge is -2.09. The van der Waals surface area contributed by atoms with Crippen LogP contribution in [-0.2, 0) is 14.3 Å². The van der Waals surface area contributed by atoms with Gasteiger partial charge in [0.15, 0.2) is 0 Å². The van der Waals surface area contributed by atoms with Crippen molar-refractivity contribution in [2.75, 3.05) is 31.0 Å². The van der Waals surface area contributed by atoms with E-state index in [1.807, 2.05) is 12.1 Å². The van der Waals surface area contributed by atoms with E-state index in [4.69, 9.17) is 4.74 Å². The third kappa shape index (κ3) is 5.97. The smallest absolute Gasteiger partial charge is 0.305 e. The quantitative estimate of drug-likeness (QED) is 0.589. The maximum atomic E-state index is 11.8. The molecule has 0 heterocycles. The lowest BCUT2D eigenvalue weighted by Crippen LogP contribution is -2.15. The number of anilines is 1. The number of benzene rings is 1. The van der Waals surface area contributed by atoms with Crippen LogP contribution in [0, 0.1) is 0 Å². The maximum absolute atomic E-state index is 11.8. The highest BCUT2D eigenvalue weighted by Crippen LogP contribution is 2.23. The maximum Gasteiger partial charge on any atom is 0.305 e. The number of para-hydroxylation sites is 2. The summed E-state index contributed by atoms with van der Waals surface area (Å²) in [5.41, 5.74) is 0.662. The van der Waals surface area contributed by atoms with Gasteiger partial charge in [-0.1, -0.05) is 12.1 Å². The van der Waals surface area contributed by atoms with Crippen molar-refractivity contribution in [2.45, 2.75) is 12.8 Å². The molecule has 1 amide bonds. The molecule has 0 aromatic heterocycles. The lowest BCUT2D eigenvalue weighted by atomic mass is 10.3. The van der Waals surface area contributed by atoms with Gasteiger partial charge in [-0.15, -0.1) is 0 Å². The topological polar surface area (TPSA) is 64.6 Å². The van der Waals surface area contributed by atoms with Crippen LogP contribution in [0.4, 0.5) is 5.69 Å². The molecule has 0 aliphatic carbocycles. The molecule has 0 bridgehead atoms. The van der Waals surface area contributed by atoms with E-state index in [1.54, 1.807) is 19.2 Å². The number of rotatable bonds is 8. The molecule has 20 heavy (non-hydrogen) atoms. The molecular formula is C14H19NO4S. The largest absolute Gasteiger partial charge is 0.495 e. The van der Waals surface area contributed by atoms with Crippen LogP contribution in [0.5, 0.6) is 5.75 Å². The van der Waals surface area contributed by atoms with Gasteiger partial charge in [0.1, 0.15) is 5.75 Å². The molecule has 0 atom stereocenters. The van der Waals surface area contributed by atoms with E-state index in [1.165, 1.54) is 18.9 Å². The van der Waals surface area contributed by atoms with Crippen LogP contribution in [0.1, 0.15) is 12.8 Å². The Morgan fingerprint density at radius 1 is 1.25 bits per heavy atom. The fourth-order valence-electron chi connectivity index (χ4n) is 1.52. The van der Waals surface area contributed by atoms with Crippen LogP contribution in [0.15, 0.2) is 24.3 Å². The summed E-state index contributed by atoms with van der Waals surface area (Å²) in [6.07, 6.45) is 1.09. The molecule has 0 spiro atoms. The first-order valence-electron chi connectivity index (χ1n) is 6.24. The number of hydrogen-bond donors (Lipinski definition) is 1. The van der Waals surface area contributed by atoms with E-state index >= 15 is 0 Å². The first-order valence-corrected chi connectivity index (χ1v) is 7.40. The van der Waals surface area contributed by atoms with Crippen LogP contribution < -0.4 is 10.1 Å². The number of carbonyl (C=O) groups is 2. The molecule has 0 aliphatic rings. The first-order chi connectivity index (χ1) is 9.67. The van der Waals surface area contributed by atoms with Crippen LogP contribution in [0.2, 0.25) is 0 Å². The van der Waals surface area contributed by atoms with Gasteiger partial charge < -0.3 is 14.8 Å². The Morgan fingerprint density at radius 3 is 2.70 bits per heavy atom. The van der Waals surface area contributed by atoms with E-state index in [0.29, 0.717) is 30.0 Å². The number of amides is 1. The summed E-state index contributed by atoms with van der Waals surface area (Å²) >= 11 is 1.49. The van der Waals surface area contributed by atoms with E-state index in [9.17, 15) is 9.59 Å². The molecule has 5 nitrogen and oxygen atoms in total. The zero-order valence-electron chi connectivity index (χ0n) is 11.7.